The van der Waals surface area contributed by atoms with Crippen LogP contribution in [-0.4, -0.2) is 37.1 Å². The van der Waals surface area contributed by atoms with Crippen molar-refractivity contribution in [3.05, 3.63) is 34.9 Å². The highest BCUT2D eigenvalue weighted by Crippen LogP contribution is 2.17. The van der Waals surface area contributed by atoms with Crippen molar-refractivity contribution in [1.29, 1.82) is 0 Å². The Kier molecular flexibility index (Phi) is 3.23. The lowest BCUT2D eigenvalue weighted by atomic mass is 10.2. The zero-order valence-electron chi connectivity index (χ0n) is 8.20. The highest BCUT2D eigenvalue weighted by Gasteiger charge is 2.20. The van der Waals surface area contributed by atoms with Gasteiger partial charge in [-0.2, -0.15) is 0 Å². The molecule has 0 spiro atoms. The third kappa shape index (κ3) is 2.30. The molecule has 0 aliphatic carbocycles. The van der Waals surface area contributed by atoms with Crippen molar-refractivity contribution in [3.63, 3.8) is 0 Å². The minimum atomic E-state index is -0.0658. The van der Waals surface area contributed by atoms with Crippen molar-refractivity contribution >= 4 is 17.5 Å². The molecule has 0 N–H and O–H groups in total. The van der Waals surface area contributed by atoms with E-state index in [4.69, 9.17) is 16.3 Å². The summed E-state index contributed by atoms with van der Waals surface area (Å²) in [5, 5.41) is 0.453. The normalized spacial score (nSPS) is 16.5. The third-order valence-corrected chi connectivity index (χ3v) is 2.63. The van der Waals surface area contributed by atoms with Gasteiger partial charge in [0.25, 0.3) is 5.91 Å². The van der Waals surface area contributed by atoms with Crippen LogP contribution in [0.25, 0.3) is 0 Å². The van der Waals surface area contributed by atoms with E-state index in [0.29, 0.717) is 36.9 Å². The van der Waals surface area contributed by atoms with Gasteiger partial charge in [-0.25, -0.2) is 0 Å². The average Bonchev–Trinajstić information content (AvgIpc) is 2.30. The number of carbonyl (C=O) groups is 1. The Morgan fingerprint density at radius 3 is 2.87 bits per heavy atom. The van der Waals surface area contributed by atoms with E-state index in [9.17, 15) is 4.79 Å². The molecule has 1 aliphatic heterocycles. The van der Waals surface area contributed by atoms with Crippen LogP contribution in [0.3, 0.4) is 0 Å². The molecule has 0 bridgehead atoms. The van der Waals surface area contributed by atoms with Gasteiger partial charge < -0.3 is 9.64 Å². The summed E-state index contributed by atoms with van der Waals surface area (Å²) in [5.74, 6) is -0.0658. The van der Waals surface area contributed by atoms with E-state index < -0.39 is 0 Å². The molecule has 2 rings (SSSR count). The first-order valence-electron chi connectivity index (χ1n) is 4.82. The van der Waals surface area contributed by atoms with E-state index in [-0.39, 0.29) is 5.91 Å². The van der Waals surface area contributed by atoms with Crippen molar-refractivity contribution in [2.45, 2.75) is 0 Å². The van der Waals surface area contributed by atoms with E-state index in [1.807, 2.05) is 0 Å². The van der Waals surface area contributed by atoms with Crippen molar-refractivity contribution in [2.75, 3.05) is 26.3 Å². The first-order chi connectivity index (χ1) is 7.29. The summed E-state index contributed by atoms with van der Waals surface area (Å²) >= 11 is 5.93. The predicted molar refractivity (Wildman–Crippen MR) is 57.0 cm³/mol. The Labute approximate surface area is 93.6 Å². The largest absolute Gasteiger partial charge is 0.378 e. The van der Waals surface area contributed by atoms with Gasteiger partial charge in [0.05, 0.1) is 23.8 Å². The maximum absolute atomic E-state index is 12.0. The Hall–Kier alpha value is -1.06. The van der Waals surface area contributed by atoms with Gasteiger partial charge >= 0.3 is 0 Å². The molecule has 0 atom stereocenters. The molecular formula is C11H11ClNO2. The van der Waals surface area contributed by atoms with Crippen LogP contribution >= 0.6 is 11.6 Å². The number of hydrogen-bond acceptors (Lipinski definition) is 2. The van der Waals surface area contributed by atoms with E-state index in [0.717, 1.165) is 0 Å². The highest BCUT2D eigenvalue weighted by atomic mass is 35.5. The molecule has 0 unspecified atom stereocenters. The zero-order chi connectivity index (χ0) is 10.7. The first-order valence-corrected chi connectivity index (χ1v) is 5.20. The fourth-order valence-corrected chi connectivity index (χ4v) is 1.71. The molecule has 4 heteroatoms. The lowest BCUT2D eigenvalue weighted by Crippen LogP contribution is -2.40. The van der Waals surface area contributed by atoms with Gasteiger partial charge in [0.1, 0.15) is 0 Å². The Balaban J connectivity index is 2.16. The maximum atomic E-state index is 12.0. The number of morpholine rings is 1. The number of hydrogen-bond donors (Lipinski definition) is 0. The molecule has 1 aromatic carbocycles. The molecule has 1 aromatic rings. The van der Waals surface area contributed by atoms with E-state index in [1.165, 1.54) is 0 Å². The number of benzene rings is 1. The van der Waals surface area contributed by atoms with Gasteiger partial charge in [-0.05, 0) is 12.1 Å². The summed E-state index contributed by atoms with van der Waals surface area (Å²) in [5.41, 5.74) is 0.445. The van der Waals surface area contributed by atoms with Gasteiger partial charge in [-0.1, -0.05) is 23.7 Å². The molecule has 15 heavy (non-hydrogen) atoms. The highest BCUT2D eigenvalue weighted by molar-refractivity contribution is 6.33. The van der Waals surface area contributed by atoms with Crippen molar-refractivity contribution < 1.29 is 9.53 Å². The summed E-state index contributed by atoms with van der Waals surface area (Å²) in [7, 11) is 0. The van der Waals surface area contributed by atoms with Crippen LogP contribution < -0.4 is 0 Å². The quantitative estimate of drug-likeness (QED) is 0.726. The number of carbonyl (C=O) groups excluding carboxylic acids is 1. The summed E-state index contributed by atoms with van der Waals surface area (Å²) in [6, 6.07) is 8.03. The van der Waals surface area contributed by atoms with Crippen LogP contribution in [0.2, 0.25) is 5.02 Å². The van der Waals surface area contributed by atoms with Crippen molar-refractivity contribution in [1.82, 2.24) is 4.90 Å². The lowest BCUT2D eigenvalue weighted by molar-refractivity contribution is 0.0303. The predicted octanol–water partition coefficient (Wildman–Crippen LogP) is 1.61. The smallest absolute Gasteiger partial charge is 0.256 e. The van der Waals surface area contributed by atoms with E-state index in [1.54, 1.807) is 23.1 Å². The van der Waals surface area contributed by atoms with Gasteiger partial charge in [0.15, 0.2) is 0 Å². The average molecular weight is 225 g/mol. The monoisotopic (exact) mass is 224 g/mol. The van der Waals surface area contributed by atoms with Gasteiger partial charge in [0.2, 0.25) is 0 Å². The maximum Gasteiger partial charge on any atom is 0.256 e. The SMILES string of the molecule is O=C(c1[c]cccc1Cl)N1CCOCC1. The second kappa shape index (κ2) is 4.64. The zero-order valence-corrected chi connectivity index (χ0v) is 8.96. The van der Waals surface area contributed by atoms with Crippen LogP contribution in [0.1, 0.15) is 10.4 Å². The molecule has 3 nitrogen and oxygen atoms in total. The molecule has 0 saturated carbocycles. The molecule has 1 aliphatic rings. The van der Waals surface area contributed by atoms with E-state index in [2.05, 4.69) is 6.07 Å². The number of halogens is 1. The van der Waals surface area contributed by atoms with Crippen LogP contribution in [0.5, 0.6) is 0 Å². The molecule has 1 amide bonds. The lowest BCUT2D eigenvalue weighted by Gasteiger charge is -2.27. The summed E-state index contributed by atoms with van der Waals surface area (Å²) in [4.78, 5) is 13.7. The second-order valence-corrected chi connectivity index (χ2v) is 3.70. The molecule has 1 radical (unpaired) electrons. The number of ether oxygens (including phenoxy) is 1. The fourth-order valence-electron chi connectivity index (χ4n) is 1.50. The second-order valence-electron chi connectivity index (χ2n) is 3.30. The molecular weight excluding hydrogens is 214 g/mol. The Bertz CT molecular complexity index is 361. The summed E-state index contributed by atoms with van der Waals surface area (Å²) < 4.78 is 5.18. The van der Waals surface area contributed by atoms with Gasteiger partial charge in [-0.15, -0.1) is 0 Å². The van der Waals surface area contributed by atoms with Crippen molar-refractivity contribution in [2.24, 2.45) is 0 Å². The van der Waals surface area contributed by atoms with E-state index >= 15 is 0 Å². The first kappa shape index (κ1) is 10.5. The minimum absolute atomic E-state index is 0.0658. The minimum Gasteiger partial charge on any atom is -0.378 e. The van der Waals surface area contributed by atoms with Crippen LogP contribution in [0.4, 0.5) is 0 Å². The summed E-state index contributed by atoms with van der Waals surface area (Å²) in [6.07, 6.45) is 0. The third-order valence-electron chi connectivity index (χ3n) is 2.32. The Morgan fingerprint density at radius 2 is 2.20 bits per heavy atom. The van der Waals surface area contributed by atoms with Gasteiger partial charge in [0, 0.05) is 13.1 Å². The van der Waals surface area contributed by atoms with Crippen molar-refractivity contribution in [3.8, 4) is 0 Å². The molecule has 79 valence electrons. The topological polar surface area (TPSA) is 29.5 Å². The summed E-state index contributed by atoms with van der Waals surface area (Å²) in [6.45, 7) is 2.43. The molecule has 0 aromatic heterocycles. The van der Waals surface area contributed by atoms with Crippen LogP contribution in [-0.2, 0) is 4.74 Å². The van der Waals surface area contributed by atoms with Crippen LogP contribution in [0, 0.1) is 6.07 Å². The number of rotatable bonds is 1. The standard InChI is InChI=1S/C11H11ClNO2/c12-10-4-2-1-3-9(10)11(14)13-5-7-15-8-6-13/h1-2,4H,5-8H2. The van der Waals surface area contributed by atoms with Crippen LogP contribution in [0.15, 0.2) is 18.2 Å². The molecule has 1 saturated heterocycles. The number of nitrogens with zero attached hydrogens (tertiary/aromatic N) is 1. The molecule has 1 fully saturated rings. The number of amides is 1. The fraction of sp³-hybridized carbons (Fsp3) is 0.364. The van der Waals surface area contributed by atoms with Gasteiger partial charge in [-0.3, -0.25) is 4.79 Å². The molecule has 1 heterocycles. The Morgan fingerprint density at radius 1 is 1.47 bits per heavy atom.